The standard InChI is InChI=1S/C17H26ClN5O4.CH2O2/c1-11(24)19-12-9-27-17(10-16(12,2)26)5-7-23(8-6-17)14(25)4-3-13-20-15(18)22-21-13;2-1-3/h12,26H,3-10H2,1-2H3,(H,19,24)(H,20,21,22);1H,(H,2,3)/t12-,16-;/m0./s1. The van der Waals surface area contributed by atoms with E-state index in [9.17, 15) is 14.7 Å². The first kappa shape index (κ1) is 24.0. The number of likely N-dealkylation sites (tertiary alicyclic amines) is 1. The summed E-state index contributed by atoms with van der Waals surface area (Å²) in [5.74, 6) is 0.460. The Bertz CT molecular complexity index is 747. The zero-order valence-electron chi connectivity index (χ0n) is 17.1. The number of amides is 2. The third kappa shape index (κ3) is 6.38. The average molecular weight is 446 g/mol. The van der Waals surface area contributed by atoms with Crippen molar-refractivity contribution in [3.8, 4) is 0 Å². The molecule has 0 aromatic carbocycles. The third-order valence-electron chi connectivity index (χ3n) is 5.47. The number of nitrogens with one attached hydrogen (secondary N) is 2. The lowest BCUT2D eigenvalue weighted by Gasteiger charge is -2.51. The first-order chi connectivity index (χ1) is 14.1. The molecule has 2 aliphatic rings. The van der Waals surface area contributed by atoms with Gasteiger partial charge in [0.2, 0.25) is 17.1 Å². The van der Waals surface area contributed by atoms with Crippen molar-refractivity contribution in [2.24, 2.45) is 0 Å². The molecule has 0 saturated carbocycles. The van der Waals surface area contributed by atoms with Crippen molar-refractivity contribution < 1.29 is 29.3 Å². The summed E-state index contributed by atoms with van der Waals surface area (Å²) in [5, 5.41) is 27.0. The summed E-state index contributed by atoms with van der Waals surface area (Å²) in [5.41, 5.74) is -1.49. The number of rotatable bonds is 4. The van der Waals surface area contributed by atoms with Gasteiger partial charge in [-0.3, -0.25) is 19.5 Å². The van der Waals surface area contributed by atoms with Crippen LogP contribution >= 0.6 is 11.6 Å². The number of hydrogen-bond donors (Lipinski definition) is 4. The highest BCUT2D eigenvalue weighted by Gasteiger charge is 2.49. The summed E-state index contributed by atoms with van der Waals surface area (Å²) in [7, 11) is 0. The van der Waals surface area contributed by atoms with Crippen LogP contribution in [0.5, 0.6) is 0 Å². The molecule has 30 heavy (non-hydrogen) atoms. The molecule has 3 heterocycles. The second-order valence-electron chi connectivity index (χ2n) is 7.82. The van der Waals surface area contributed by atoms with E-state index in [2.05, 4.69) is 20.5 Å². The zero-order valence-corrected chi connectivity index (χ0v) is 17.8. The van der Waals surface area contributed by atoms with E-state index in [1.807, 2.05) is 4.90 Å². The second-order valence-corrected chi connectivity index (χ2v) is 8.16. The number of halogens is 1. The summed E-state index contributed by atoms with van der Waals surface area (Å²) in [4.78, 5) is 37.9. The zero-order chi connectivity index (χ0) is 22.4. The van der Waals surface area contributed by atoms with Gasteiger partial charge in [-0.05, 0) is 31.4 Å². The van der Waals surface area contributed by atoms with Gasteiger partial charge in [-0.1, -0.05) is 0 Å². The number of piperidine rings is 1. The molecule has 11 nitrogen and oxygen atoms in total. The summed E-state index contributed by atoms with van der Waals surface area (Å²) in [6.07, 6.45) is 2.56. The van der Waals surface area contributed by atoms with Crippen LogP contribution in [0.4, 0.5) is 0 Å². The Morgan fingerprint density at radius 1 is 1.43 bits per heavy atom. The van der Waals surface area contributed by atoms with Gasteiger partial charge in [-0.25, -0.2) is 4.98 Å². The summed E-state index contributed by atoms with van der Waals surface area (Å²) in [6.45, 7) is 4.34. The van der Waals surface area contributed by atoms with Gasteiger partial charge in [0.05, 0.1) is 23.9 Å². The molecule has 0 radical (unpaired) electrons. The number of carbonyl (C=O) groups is 3. The Labute approximate surface area is 179 Å². The molecular weight excluding hydrogens is 418 g/mol. The van der Waals surface area contributed by atoms with Gasteiger partial charge < -0.3 is 25.2 Å². The van der Waals surface area contributed by atoms with E-state index in [1.165, 1.54) is 6.92 Å². The smallest absolute Gasteiger partial charge is 0.290 e. The number of aromatic nitrogens is 3. The van der Waals surface area contributed by atoms with E-state index in [4.69, 9.17) is 26.2 Å². The number of carboxylic acid groups (broad SMARTS) is 1. The predicted octanol–water partition coefficient (Wildman–Crippen LogP) is 0.129. The SMILES string of the molecule is CC(=O)N[C@H]1COC2(CCN(C(=O)CCc3nc(Cl)n[nH]3)CC2)C[C@]1(C)O.O=CO. The van der Waals surface area contributed by atoms with Crippen molar-refractivity contribution in [2.45, 2.75) is 63.2 Å². The number of ether oxygens (including phenoxy) is 1. The van der Waals surface area contributed by atoms with Gasteiger partial charge in [-0.15, -0.1) is 5.10 Å². The summed E-state index contributed by atoms with van der Waals surface area (Å²) >= 11 is 5.66. The number of hydrogen-bond acceptors (Lipinski definition) is 7. The lowest BCUT2D eigenvalue weighted by Crippen LogP contribution is -2.64. The molecule has 0 bridgehead atoms. The predicted molar refractivity (Wildman–Crippen MR) is 106 cm³/mol. The van der Waals surface area contributed by atoms with Crippen LogP contribution in [0.25, 0.3) is 0 Å². The first-order valence-corrected chi connectivity index (χ1v) is 10.0. The van der Waals surface area contributed by atoms with Crippen LogP contribution in [0.15, 0.2) is 0 Å². The van der Waals surface area contributed by atoms with Gasteiger partial charge in [0.25, 0.3) is 6.47 Å². The van der Waals surface area contributed by atoms with Crippen LogP contribution in [-0.4, -0.2) is 85.5 Å². The molecule has 1 aromatic heterocycles. The minimum atomic E-state index is -1.04. The lowest BCUT2D eigenvalue weighted by molar-refractivity contribution is -0.190. The Morgan fingerprint density at radius 3 is 2.57 bits per heavy atom. The highest BCUT2D eigenvalue weighted by Crippen LogP contribution is 2.39. The number of aryl methyl sites for hydroxylation is 1. The van der Waals surface area contributed by atoms with Crippen LogP contribution in [0, 0.1) is 0 Å². The molecule has 1 spiro atoms. The van der Waals surface area contributed by atoms with Crippen LogP contribution in [0.3, 0.4) is 0 Å². The minimum Gasteiger partial charge on any atom is -0.483 e. The minimum absolute atomic E-state index is 0.0519. The molecule has 2 atom stereocenters. The van der Waals surface area contributed by atoms with Crippen molar-refractivity contribution in [1.29, 1.82) is 0 Å². The molecular formula is C18H28ClN5O6. The monoisotopic (exact) mass is 445 g/mol. The fourth-order valence-corrected chi connectivity index (χ4v) is 4.10. The number of aliphatic hydroxyl groups is 1. The average Bonchev–Trinajstić information content (AvgIpc) is 3.08. The molecule has 0 unspecified atom stereocenters. The van der Waals surface area contributed by atoms with Gasteiger partial charge in [0.1, 0.15) is 5.82 Å². The summed E-state index contributed by atoms with van der Waals surface area (Å²) in [6, 6.07) is -0.422. The Hall–Kier alpha value is -2.24. The van der Waals surface area contributed by atoms with E-state index in [1.54, 1.807) is 6.92 Å². The normalized spacial score (nSPS) is 25.2. The number of H-pyrrole nitrogens is 1. The van der Waals surface area contributed by atoms with Crippen LogP contribution in [0.1, 0.15) is 45.4 Å². The van der Waals surface area contributed by atoms with E-state index >= 15 is 0 Å². The first-order valence-electron chi connectivity index (χ1n) is 9.66. The van der Waals surface area contributed by atoms with Crippen LogP contribution < -0.4 is 5.32 Å². The number of carbonyl (C=O) groups excluding carboxylic acids is 2. The number of nitrogens with zero attached hydrogens (tertiary/aromatic N) is 3. The maximum Gasteiger partial charge on any atom is 0.290 e. The van der Waals surface area contributed by atoms with E-state index < -0.39 is 17.2 Å². The van der Waals surface area contributed by atoms with E-state index in [-0.39, 0.29) is 30.2 Å². The van der Waals surface area contributed by atoms with Crippen molar-refractivity contribution in [1.82, 2.24) is 25.4 Å². The fraction of sp³-hybridized carbons (Fsp3) is 0.722. The highest BCUT2D eigenvalue weighted by molar-refractivity contribution is 6.28. The van der Waals surface area contributed by atoms with E-state index in [0.717, 1.165) is 0 Å². The Balaban J connectivity index is 0.00000101. The topological polar surface area (TPSA) is 158 Å². The molecule has 2 aliphatic heterocycles. The van der Waals surface area contributed by atoms with Gasteiger partial charge >= 0.3 is 0 Å². The maximum absolute atomic E-state index is 12.4. The molecule has 1 aromatic rings. The lowest BCUT2D eigenvalue weighted by atomic mass is 9.75. The van der Waals surface area contributed by atoms with Crippen LogP contribution in [-0.2, 0) is 25.5 Å². The van der Waals surface area contributed by atoms with E-state index in [0.29, 0.717) is 51.0 Å². The quantitative estimate of drug-likeness (QED) is 0.476. The molecule has 4 N–H and O–H groups in total. The largest absolute Gasteiger partial charge is 0.483 e. The molecule has 2 amide bonds. The number of aromatic amines is 1. The van der Waals surface area contributed by atoms with Crippen LogP contribution in [0.2, 0.25) is 5.28 Å². The van der Waals surface area contributed by atoms with Gasteiger partial charge in [0.15, 0.2) is 0 Å². The van der Waals surface area contributed by atoms with Crippen molar-refractivity contribution in [3.63, 3.8) is 0 Å². The summed E-state index contributed by atoms with van der Waals surface area (Å²) < 4.78 is 6.07. The Morgan fingerprint density at radius 2 is 2.07 bits per heavy atom. The molecule has 2 saturated heterocycles. The molecule has 168 valence electrons. The molecule has 0 aliphatic carbocycles. The van der Waals surface area contributed by atoms with Gasteiger partial charge in [-0.2, -0.15) is 0 Å². The van der Waals surface area contributed by atoms with Gasteiger partial charge in [0, 0.05) is 39.3 Å². The van der Waals surface area contributed by atoms with Crippen molar-refractivity contribution >= 4 is 29.9 Å². The van der Waals surface area contributed by atoms with Crippen molar-refractivity contribution in [2.75, 3.05) is 19.7 Å². The molecule has 12 heteroatoms. The molecule has 3 rings (SSSR count). The van der Waals surface area contributed by atoms with Crippen molar-refractivity contribution in [3.05, 3.63) is 11.1 Å². The second kappa shape index (κ2) is 10.2. The highest BCUT2D eigenvalue weighted by atomic mass is 35.5. The third-order valence-corrected chi connectivity index (χ3v) is 5.64. The fourth-order valence-electron chi connectivity index (χ4n) is 3.96. The maximum atomic E-state index is 12.4. The Kier molecular flexibility index (Phi) is 8.16. The molecule has 2 fully saturated rings.